The molecule has 0 atom stereocenters. The monoisotopic (exact) mass is 295 g/mol. The molecule has 5 heteroatoms. The molecule has 88 valence electrons. The zero-order valence-electron chi connectivity index (χ0n) is 9.00. The van der Waals surface area contributed by atoms with Gasteiger partial charge >= 0.3 is 0 Å². The van der Waals surface area contributed by atoms with Gasteiger partial charge < -0.3 is 10.7 Å². The van der Waals surface area contributed by atoms with Gasteiger partial charge in [-0.15, -0.1) is 0 Å². The fraction of sp³-hybridized carbons (Fsp3) is 0.250. The van der Waals surface area contributed by atoms with E-state index in [0.717, 1.165) is 23.1 Å². The van der Waals surface area contributed by atoms with Crippen LogP contribution >= 0.6 is 15.9 Å². The summed E-state index contributed by atoms with van der Waals surface area (Å²) in [6, 6.07) is 4.95. The van der Waals surface area contributed by atoms with Gasteiger partial charge in [-0.2, -0.15) is 0 Å². The summed E-state index contributed by atoms with van der Waals surface area (Å²) in [6.45, 7) is 0. The largest absolute Gasteiger partial charge is 0.340 e. The number of aromatic amines is 1. The highest BCUT2D eigenvalue weighted by molar-refractivity contribution is 9.10. The van der Waals surface area contributed by atoms with Crippen molar-refractivity contribution in [3.63, 3.8) is 0 Å². The van der Waals surface area contributed by atoms with E-state index in [0.29, 0.717) is 11.3 Å². The van der Waals surface area contributed by atoms with Crippen molar-refractivity contribution in [1.82, 2.24) is 9.97 Å². The number of rotatable bonds is 2. The smallest absolute Gasteiger partial charge is 0.133 e. The molecule has 1 aromatic heterocycles. The number of aromatic nitrogens is 2. The lowest BCUT2D eigenvalue weighted by atomic mass is 10.1. The van der Waals surface area contributed by atoms with Crippen LogP contribution in [0.15, 0.2) is 28.9 Å². The van der Waals surface area contributed by atoms with Gasteiger partial charge in [0.2, 0.25) is 0 Å². The first kappa shape index (κ1) is 10.9. The lowest BCUT2D eigenvalue weighted by Crippen LogP contribution is -2.20. The Bertz CT molecular complexity index is 575. The third-order valence-corrected chi connectivity index (χ3v) is 3.55. The summed E-state index contributed by atoms with van der Waals surface area (Å²) in [5, 5.41) is 0. The number of hydrogen-bond donors (Lipinski definition) is 2. The number of halogens is 2. The Labute approximate surface area is 106 Å². The molecule has 0 amide bonds. The zero-order valence-corrected chi connectivity index (χ0v) is 10.6. The topological polar surface area (TPSA) is 54.7 Å². The van der Waals surface area contributed by atoms with Gasteiger partial charge in [0.1, 0.15) is 11.6 Å². The molecule has 0 radical (unpaired) electrons. The van der Waals surface area contributed by atoms with Crippen LogP contribution in [0.5, 0.6) is 0 Å². The van der Waals surface area contributed by atoms with Gasteiger partial charge in [-0.3, -0.25) is 0 Å². The fourth-order valence-electron chi connectivity index (χ4n) is 1.79. The van der Waals surface area contributed by atoms with Gasteiger partial charge in [-0.1, -0.05) is 15.9 Å². The summed E-state index contributed by atoms with van der Waals surface area (Å²) in [5.74, 6) is 0.464. The summed E-state index contributed by atoms with van der Waals surface area (Å²) in [7, 11) is 0. The summed E-state index contributed by atoms with van der Waals surface area (Å²) in [4.78, 5) is 7.33. The molecule has 17 heavy (non-hydrogen) atoms. The molecule has 1 aromatic carbocycles. The van der Waals surface area contributed by atoms with Crippen LogP contribution in [0.4, 0.5) is 4.39 Å². The van der Waals surface area contributed by atoms with Crippen LogP contribution in [-0.2, 0) is 5.54 Å². The first-order valence-corrected chi connectivity index (χ1v) is 6.18. The number of nitrogens with one attached hydrogen (secondary N) is 1. The van der Waals surface area contributed by atoms with E-state index < -0.39 is 0 Å². The molecular weight excluding hydrogens is 285 g/mol. The number of imidazole rings is 1. The van der Waals surface area contributed by atoms with Crippen LogP contribution in [0.25, 0.3) is 11.3 Å². The van der Waals surface area contributed by atoms with Crippen molar-refractivity contribution in [2.45, 2.75) is 18.4 Å². The van der Waals surface area contributed by atoms with Gasteiger partial charge in [-0.25, -0.2) is 9.37 Å². The molecule has 1 fully saturated rings. The molecule has 0 saturated heterocycles. The van der Waals surface area contributed by atoms with Crippen LogP contribution in [0, 0.1) is 5.82 Å². The highest BCUT2D eigenvalue weighted by Crippen LogP contribution is 2.41. The number of nitrogens with two attached hydrogens (primary N) is 1. The van der Waals surface area contributed by atoms with E-state index in [4.69, 9.17) is 5.73 Å². The predicted octanol–water partition coefficient (Wildman–Crippen LogP) is 2.93. The second-order valence-corrected chi connectivity index (χ2v) is 5.34. The maximum absolute atomic E-state index is 13.7. The summed E-state index contributed by atoms with van der Waals surface area (Å²) in [6.07, 6.45) is 3.50. The molecule has 3 rings (SSSR count). The third kappa shape index (κ3) is 1.89. The average molecular weight is 296 g/mol. The van der Waals surface area contributed by atoms with Crippen LogP contribution in [-0.4, -0.2) is 9.97 Å². The first-order chi connectivity index (χ1) is 8.08. The average Bonchev–Trinajstić information content (AvgIpc) is 2.85. The van der Waals surface area contributed by atoms with Crippen molar-refractivity contribution < 1.29 is 4.39 Å². The highest BCUT2D eigenvalue weighted by Gasteiger charge is 2.42. The van der Waals surface area contributed by atoms with Crippen LogP contribution in [0.3, 0.4) is 0 Å². The van der Waals surface area contributed by atoms with E-state index in [1.54, 1.807) is 18.3 Å². The number of H-pyrrole nitrogens is 1. The minimum atomic E-state index is -0.315. The number of hydrogen-bond acceptors (Lipinski definition) is 2. The lowest BCUT2D eigenvalue weighted by Gasteiger charge is -2.04. The van der Waals surface area contributed by atoms with Crippen LogP contribution in [0.2, 0.25) is 0 Å². The van der Waals surface area contributed by atoms with Gasteiger partial charge in [-0.05, 0) is 31.0 Å². The third-order valence-electron chi connectivity index (χ3n) is 3.06. The van der Waals surface area contributed by atoms with Crippen molar-refractivity contribution in [1.29, 1.82) is 0 Å². The molecule has 0 spiro atoms. The fourth-order valence-corrected chi connectivity index (χ4v) is 2.12. The molecule has 2 aromatic rings. The molecule has 1 aliphatic carbocycles. The molecule has 1 aliphatic rings. The Hall–Kier alpha value is -1.20. The number of benzene rings is 1. The molecule has 1 heterocycles. The summed E-state index contributed by atoms with van der Waals surface area (Å²) in [5.41, 5.74) is 6.89. The van der Waals surface area contributed by atoms with Crippen molar-refractivity contribution in [2.75, 3.05) is 0 Å². The Kier molecular flexibility index (Phi) is 2.34. The molecule has 1 saturated carbocycles. The zero-order chi connectivity index (χ0) is 12.0. The minimum absolute atomic E-state index is 0.281. The van der Waals surface area contributed by atoms with Gasteiger partial charge in [0.15, 0.2) is 0 Å². The van der Waals surface area contributed by atoms with E-state index in [1.165, 1.54) is 6.07 Å². The Morgan fingerprint density at radius 1 is 1.41 bits per heavy atom. The second kappa shape index (κ2) is 3.65. The Balaban J connectivity index is 2.01. The maximum atomic E-state index is 13.7. The predicted molar refractivity (Wildman–Crippen MR) is 66.8 cm³/mol. The van der Waals surface area contributed by atoms with Gasteiger partial charge in [0.05, 0.1) is 17.4 Å². The van der Waals surface area contributed by atoms with Crippen molar-refractivity contribution in [3.8, 4) is 11.3 Å². The van der Waals surface area contributed by atoms with E-state index in [1.807, 2.05) is 0 Å². The SMILES string of the molecule is NC1(c2ncc(-c3ccc(Br)cc3F)[nH]2)CC1. The van der Waals surface area contributed by atoms with Crippen LogP contribution in [0.1, 0.15) is 18.7 Å². The minimum Gasteiger partial charge on any atom is -0.340 e. The van der Waals surface area contributed by atoms with Crippen molar-refractivity contribution in [2.24, 2.45) is 5.73 Å². The quantitative estimate of drug-likeness (QED) is 0.895. The van der Waals surface area contributed by atoms with Crippen molar-refractivity contribution in [3.05, 3.63) is 40.5 Å². The maximum Gasteiger partial charge on any atom is 0.133 e. The van der Waals surface area contributed by atoms with Crippen LogP contribution < -0.4 is 5.73 Å². The normalized spacial score (nSPS) is 17.1. The lowest BCUT2D eigenvalue weighted by molar-refractivity contribution is 0.629. The van der Waals surface area contributed by atoms with Gasteiger partial charge in [0.25, 0.3) is 0 Å². The second-order valence-electron chi connectivity index (χ2n) is 4.43. The van der Waals surface area contributed by atoms with E-state index >= 15 is 0 Å². The molecule has 3 N–H and O–H groups in total. The molecular formula is C12H11BrFN3. The van der Waals surface area contributed by atoms with Gasteiger partial charge in [0, 0.05) is 10.0 Å². The van der Waals surface area contributed by atoms with E-state index in [-0.39, 0.29) is 11.4 Å². The molecule has 3 nitrogen and oxygen atoms in total. The van der Waals surface area contributed by atoms with E-state index in [2.05, 4.69) is 25.9 Å². The summed E-state index contributed by atoms with van der Waals surface area (Å²) >= 11 is 3.23. The number of nitrogens with zero attached hydrogens (tertiary/aromatic N) is 1. The first-order valence-electron chi connectivity index (χ1n) is 5.38. The van der Waals surface area contributed by atoms with E-state index in [9.17, 15) is 4.39 Å². The summed E-state index contributed by atoms with van der Waals surface area (Å²) < 4.78 is 14.5. The Morgan fingerprint density at radius 2 is 2.18 bits per heavy atom. The van der Waals surface area contributed by atoms with Crippen molar-refractivity contribution >= 4 is 15.9 Å². The molecule has 0 bridgehead atoms. The Morgan fingerprint density at radius 3 is 2.82 bits per heavy atom. The molecule has 0 aliphatic heterocycles. The standard InChI is InChI=1S/C12H11BrFN3/c13-7-1-2-8(9(14)5-7)10-6-16-11(17-10)12(15)3-4-12/h1-2,5-6H,3-4,15H2,(H,16,17). The highest BCUT2D eigenvalue weighted by atomic mass is 79.9. The molecule has 0 unspecified atom stereocenters.